The van der Waals surface area contributed by atoms with Gasteiger partial charge in [0.2, 0.25) is 17.8 Å². The molecule has 5 aromatic carbocycles. The number of aliphatic hydroxyl groups is 1. The summed E-state index contributed by atoms with van der Waals surface area (Å²) in [6, 6.07) is 38.7. The summed E-state index contributed by atoms with van der Waals surface area (Å²) in [6.07, 6.45) is 2.56. The Morgan fingerprint density at radius 2 is 1.45 bits per heavy atom. The van der Waals surface area contributed by atoms with Gasteiger partial charge in [-0.1, -0.05) is 84.6 Å². The second-order valence-electron chi connectivity index (χ2n) is 16.5. The van der Waals surface area contributed by atoms with Gasteiger partial charge in [0.25, 0.3) is 0 Å². The number of anilines is 2. The number of ether oxygens (including phenoxy) is 3. The topological polar surface area (TPSA) is 147 Å². The first-order valence-corrected chi connectivity index (χ1v) is 21.7. The summed E-state index contributed by atoms with van der Waals surface area (Å²) in [7, 11) is 1.61. The number of esters is 1. The second-order valence-corrected chi connectivity index (χ2v) is 16.5. The molecular formula is C52H46N6O7. The average molecular weight is 867 g/mol. The number of benzene rings is 5. The molecule has 3 fully saturated rings. The first-order chi connectivity index (χ1) is 31.9. The van der Waals surface area contributed by atoms with Crippen molar-refractivity contribution in [1.29, 1.82) is 0 Å². The number of aliphatic hydroxyl groups excluding tert-OH is 1. The lowest BCUT2D eigenvalue weighted by Crippen LogP contribution is -2.58. The van der Waals surface area contributed by atoms with Gasteiger partial charge in [0, 0.05) is 55.4 Å². The Bertz CT molecular complexity index is 2780. The van der Waals surface area contributed by atoms with Gasteiger partial charge in [-0.3, -0.25) is 19.3 Å². The molecular weight excluding hydrogens is 821 g/mol. The molecule has 6 aromatic rings. The van der Waals surface area contributed by atoms with E-state index in [9.17, 15) is 5.11 Å². The molecule has 2 N–H and O–H groups in total. The lowest BCUT2D eigenvalue weighted by Gasteiger charge is -2.46. The highest BCUT2D eigenvalue weighted by molar-refractivity contribution is 6.12. The van der Waals surface area contributed by atoms with E-state index in [1.165, 1.54) is 0 Å². The predicted octanol–water partition coefficient (Wildman–Crippen LogP) is 5.88. The molecule has 1 spiro atoms. The van der Waals surface area contributed by atoms with Crippen molar-refractivity contribution >= 4 is 29.4 Å². The maximum Gasteiger partial charge on any atom is 0.324 e. The Kier molecular flexibility index (Phi) is 11.2. The molecule has 0 aliphatic carbocycles. The molecule has 4 aliphatic rings. The van der Waals surface area contributed by atoms with Crippen molar-refractivity contribution in [3.05, 3.63) is 179 Å². The van der Waals surface area contributed by atoms with Gasteiger partial charge in [0.05, 0.1) is 31.7 Å². The first kappa shape index (κ1) is 41.5. The molecule has 1 aromatic heterocycles. The fourth-order valence-electron chi connectivity index (χ4n) is 10.2. The van der Waals surface area contributed by atoms with Crippen LogP contribution in [0.25, 0.3) is 0 Å². The van der Waals surface area contributed by atoms with Crippen LogP contribution in [0.15, 0.2) is 146 Å². The molecule has 3 saturated heterocycles. The van der Waals surface area contributed by atoms with Crippen LogP contribution in [-0.4, -0.2) is 95.2 Å². The number of carbonyl (C=O) groups excluding carboxylic acids is 3. The van der Waals surface area contributed by atoms with E-state index < -0.39 is 47.4 Å². The molecule has 0 bridgehead atoms. The Morgan fingerprint density at radius 1 is 0.769 bits per heavy atom. The highest BCUT2D eigenvalue weighted by atomic mass is 16.6. The number of hydrogen-bond acceptors (Lipinski definition) is 11. The van der Waals surface area contributed by atoms with Gasteiger partial charge in [0.15, 0.2) is 0 Å². The minimum atomic E-state index is -1.71. The van der Waals surface area contributed by atoms with Crippen LogP contribution in [0.1, 0.15) is 51.6 Å². The lowest BCUT2D eigenvalue weighted by molar-refractivity contribution is -0.179. The minimum Gasteiger partial charge on any atom is -0.497 e. The van der Waals surface area contributed by atoms with E-state index in [0.717, 1.165) is 16.7 Å². The zero-order valence-electron chi connectivity index (χ0n) is 35.6. The second kappa shape index (κ2) is 17.6. The third-order valence-electron chi connectivity index (χ3n) is 13.0. The van der Waals surface area contributed by atoms with Crippen molar-refractivity contribution in [3.8, 4) is 23.3 Å². The summed E-state index contributed by atoms with van der Waals surface area (Å²) in [5, 5.41) is 13.0. The lowest BCUT2D eigenvalue weighted by atomic mass is 9.65. The molecule has 5 heterocycles. The third-order valence-corrected chi connectivity index (χ3v) is 13.0. The summed E-state index contributed by atoms with van der Waals surface area (Å²) < 4.78 is 18.0. The van der Waals surface area contributed by atoms with Crippen molar-refractivity contribution < 1.29 is 33.7 Å². The fourth-order valence-corrected chi connectivity index (χ4v) is 10.2. The van der Waals surface area contributed by atoms with E-state index in [-0.39, 0.29) is 19.1 Å². The Morgan fingerprint density at radius 3 is 2.15 bits per heavy atom. The number of nitrogens with zero attached hydrogens (tertiary/aromatic N) is 5. The van der Waals surface area contributed by atoms with Crippen LogP contribution < -0.4 is 19.7 Å². The smallest absolute Gasteiger partial charge is 0.324 e. The predicted molar refractivity (Wildman–Crippen MR) is 242 cm³/mol. The van der Waals surface area contributed by atoms with Crippen LogP contribution in [-0.2, 0) is 24.5 Å². The highest BCUT2D eigenvalue weighted by Gasteiger charge is 2.74. The summed E-state index contributed by atoms with van der Waals surface area (Å²) in [5.41, 5.74) is 3.00. The number of aromatic nitrogens is 2. The van der Waals surface area contributed by atoms with E-state index in [1.807, 2.05) is 126 Å². The summed E-state index contributed by atoms with van der Waals surface area (Å²) >= 11 is 0. The minimum absolute atomic E-state index is 0.0430. The largest absolute Gasteiger partial charge is 0.497 e. The van der Waals surface area contributed by atoms with Crippen LogP contribution in [0.5, 0.6) is 11.5 Å². The molecule has 2 amide bonds. The van der Waals surface area contributed by atoms with E-state index in [4.69, 9.17) is 14.2 Å². The maximum absolute atomic E-state index is 16.0. The molecule has 4 aliphatic heterocycles. The van der Waals surface area contributed by atoms with Gasteiger partial charge in [-0.05, 0) is 82.9 Å². The zero-order valence-corrected chi connectivity index (χ0v) is 35.6. The van der Waals surface area contributed by atoms with Gasteiger partial charge in [0.1, 0.15) is 35.7 Å². The summed E-state index contributed by atoms with van der Waals surface area (Å²) in [4.78, 5) is 61.8. The van der Waals surface area contributed by atoms with E-state index in [2.05, 4.69) is 32.0 Å². The quantitative estimate of drug-likeness (QED) is 0.133. The number of hydrogen-bond donors (Lipinski definition) is 2. The SMILES string of the molecule is COc1ccc(C#Cc2ccc3c(c2)[C@]2(C(=O)N3)[C@H](c3cccc(OCCO)c3)N3[C@H](c4ccccc4)[C@H](c4ccccc4)OC(=O)[C@H]3[C@@H]2C(=O)N2CCN(c3ncccn3)CC2)cc1. The number of carbonyl (C=O) groups is 3. The van der Waals surface area contributed by atoms with Crippen molar-refractivity contribution in [3.63, 3.8) is 0 Å². The van der Waals surface area contributed by atoms with Gasteiger partial charge >= 0.3 is 5.97 Å². The zero-order chi connectivity index (χ0) is 44.5. The van der Waals surface area contributed by atoms with Crippen LogP contribution in [0.2, 0.25) is 0 Å². The molecule has 65 heavy (non-hydrogen) atoms. The third kappa shape index (κ3) is 7.40. The number of fused-ring (bicyclic) bond motifs is 3. The van der Waals surface area contributed by atoms with E-state index in [1.54, 1.807) is 36.5 Å². The highest BCUT2D eigenvalue weighted by Crippen LogP contribution is 2.65. The standard InChI is InChI=1S/C52H46N6O7/c1-63-39-21-18-34(19-22-39)16-17-35-20-23-42-41(32-35)52(50(62)55-42)43(48(60)56-26-28-57(29-27-56)51-53-24-9-25-54-51)45-49(61)65-46(37-12-6-3-7-13-37)44(36-10-4-2-5-11-36)58(45)47(52)38-14-8-15-40(33-38)64-31-30-59/h2-15,18-25,32-33,43-47,59H,26-31H2,1H3,(H,55,62)/t43-,44-,45-,46+,47+,52-/m1/s1. The normalized spacial score (nSPS) is 23.4. The molecule has 13 heteroatoms. The first-order valence-electron chi connectivity index (χ1n) is 21.7. The molecule has 0 unspecified atom stereocenters. The number of amides is 2. The number of rotatable bonds is 9. The monoisotopic (exact) mass is 866 g/mol. The number of nitrogens with one attached hydrogen (secondary N) is 1. The van der Waals surface area contributed by atoms with Crippen LogP contribution in [0.4, 0.5) is 11.6 Å². The number of methoxy groups -OCH3 is 1. The van der Waals surface area contributed by atoms with Crippen LogP contribution in [0.3, 0.4) is 0 Å². The summed E-state index contributed by atoms with van der Waals surface area (Å²) in [5.74, 6) is 5.66. The van der Waals surface area contributed by atoms with Crippen LogP contribution >= 0.6 is 0 Å². The number of cyclic esters (lactones) is 1. The van der Waals surface area contributed by atoms with Crippen molar-refractivity contribution in [2.75, 3.05) is 56.7 Å². The Hall–Kier alpha value is -7.53. The van der Waals surface area contributed by atoms with E-state index in [0.29, 0.717) is 66.0 Å². The van der Waals surface area contributed by atoms with E-state index >= 15 is 14.4 Å². The van der Waals surface area contributed by atoms with Gasteiger partial charge in [-0.2, -0.15) is 0 Å². The Balaban J connectivity index is 1.20. The van der Waals surface area contributed by atoms with Crippen molar-refractivity contribution in [2.45, 2.75) is 29.6 Å². The molecule has 0 radical (unpaired) electrons. The van der Waals surface area contributed by atoms with Crippen molar-refractivity contribution in [1.82, 2.24) is 19.8 Å². The fraction of sp³-hybridized carbons (Fsp3) is 0.250. The number of morpholine rings is 1. The van der Waals surface area contributed by atoms with Gasteiger partial charge < -0.3 is 34.4 Å². The molecule has 13 nitrogen and oxygen atoms in total. The van der Waals surface area contributed by atoms with Gasteiger partial charge in [-0.25, -0.2) is 9.97 Å². The molecule has 0 saturated carbocycles. The average Bonchev–Trinajstić information content (AvgIpc) is 3.84. The summed E-state index contributed by atoms with van der Waals surface area (Å²) in [6.45, 7) is 1.33. The number of piperazine rings is 1. The van der Waals surface area contributed by atoms with Gasteiger partial charge in [-0.15, -0.1) is 0 Å². The maximum atomic E-state index is 16.0. The molecule has 6 atom stereocenters. The Labute approximate surface area is 376 Å². The molecule has 326 valence electrons. The molecule has 10 rings (SSSR count). The van der Waals surface area contributed by atoms with Crippen molar-refractivity contribution in [2.24, 2.45) is 5.92 Å². The van der Waals surface area contributed by atoms with Crippen LogP contribution in [0, 0.1) is 17.8 Å².